The number of amides is 1. The molecule has 0 spiro atoms. The molecule has 0 aromatic rings. The Morgan fingerprint density at radius 1 is 1.41 bits per heavy atom. The third-order valence-corrected chi connectivity index (χ3v) is 2.35. The van der Waals surface area contributed by atoms with Gasteiger partial charge in [0.1, 0.15) is 0 Å². The molecule has 0 heterocycles. The predicted molar refractivity (Wildman–Crippen MR) is 67.8 cm³/mol. The maximum absolute atomic E-state index is 11.1. The molecule has 0 aliphatic carbocycles. The van der Waals surface area contributed by atoms with Crippen LogP contribution in [0.3, 0.4) is 0 Å². The van der Waals surface area contributed by atoms with Crippen molar-refractivity contribution < 1.29 is 14.3 Å². The Bertz CT molecular complexity index is 200. The van der Waals surface area contributed by atoms with E-state index in [0.717, 1.165) is 13.0 Å². The Morgan fingerprint density at radius 3 is 2.65 bits per heavy atom. The van der Waals surface area contributed by atoms with Crippen LogP contribution in [0.25, 0.3) is 0 Å². The molecule has 0 aromatic heterocycles. The molecule has 0 radical (unpaired) electrons. The van der Waals surface area contributed by atoms with Crippen molar-refractivity contribution in [3.05, 3.63) is 0 Å². The number of rotatable bonds is 11. The van der Waals surface area contributed by atoms with E-state index >= 15 is 0 Å². The monoisotopic (exact) mass is 246 g/mol. The fourth-order valence-electron chi connectivity index (χ4n) is 1.38. The highest BCUT2D eigenvalue weighted by molar-refractivity contribution is 5.79. The number of primary amides is 1. The minimum atomic E-state index is -0.320. The summed E-state index contributed by atoms with van der Waals surface area (Å²) >= 11 is 0. The number of hydrogen-bond donors (Lipinski definition) is 2. The molecular weight excluding hydrogens is 220 g/mol. The van der Waals surface area contributed by atoms with Gasteiger partial charge in [-0.15, -0.1) is 0 Å². The zero-order valence-corrected chi connectivity index (χ0v) is 11.2. The summed E-state index contributed by atoms with van der Waals surface area (Å²) in [7, 11) is 0. The minimum absolute atomic E-state index is 0.0506. The third-order valence-electron chi connectivity index (χ3n) is 2.35. The van der Waals surface area contributed by atoms with Gasteiger partial charge in [0.15, 0.2) is 0 Å². The van der Waals surface area contributed by atoms with Gasteiger partial charge in [0.05, 0.1) is 18.8 Å². The molecule has 5 heteroatoms. The number of hydrogen-bond acceptors (Lipinski definition) is 4. The van der Waals surface area contributed by atoms with Gasteiger partial charge in [0, 0.05) is 13.2 Å². The molecule has 2 unspecified atom stereocenters. The predicted octanol–water partition coefficient (Wildman–Crippen LogP) is 0.672. The van der Waals surface area contributed by atoms with Crippen molar-refractivity contribution in [3.63, 3.8) is 0 Å². The van der Waals surface area contributed by atoms with E-state index in [0.29, 0.717) is 26.2 Å². The zero-order valence-electron chi connectivity index (χ0n) is 11.2. The Hall–Kier alpha value is -0.650. The summed E-state index contributed by atoms with van der Waals surface area (Å²) < 4.78 is 10.8. The van der Waals surface area contributed by atoms with Crippen LogP contribution in [-0.2, 0) is 14.3 Å². The van der Waals surface area contributed by atoms with Crippen LogP contribution in [0.4, 0.5) is 0 Å². The molecular formula is C12H26N2O3. The second-order valence-electron chi connectivity index (χ2n) is 4.04. The largest absolute Gasteiger partial charge is 0.379 e. The van der Waals surface area contributed by atoms with Gasteiger partial charge in [-0.05, 0) is 33.2 Å². The molecule has 0 fully saturated rings. The summed E-state index contributed by atoms with van der Waals surface area (Å²) in [6.45, 7) is 8.53. The molecule has 0 bridgehead atoms. The lowest BCUT2D eigenvalue weighted by Crippen LogP contribution is -2.42. The SMILES string of the molecule is CCCNC(CCOC(C)COCC)C(N)=O. The summed E-state index contributed by atoms with van der Waals surface area (Å²) in [5.74, 6) is -0.320. The van der Waals surface area contributed by atoms with Crippen LogP contribution >= 0.6 is 0 Å². The highest BCUT2D eigenvalue weighted by Gasteiger charge is 2.14. The first-order valence-corrected chi connectivity index (χ1v) is 6.33. The number of carbonyl (C=O) groups is 1. The first kappa shape index (κ1) is 16.4. The minimum Gasteiger partial charge on any atom is -0.379 e. The van der Waals surface area contributed by atoms with Crippen molar-refractivity contribution in [2.45, 2.75) is 45.8 Å². The normalized spacial score (nSPS) is 14.5. The number of carbonyl (C=O) groups excluding carboxylic acids is 1. The Labute approximate surface area is 104 Å². The molecule has 0 aromatic carbocycles. The number of nitrogens with two attached hydrogens (primary N) is 1. The van der Waals surface area contributed by atoms with Crippen LogP contribution in [0.2, 0.25) is 0 Å². The summed E-state index contributed by atoms with van der Waals surface area (Å²) in [6.07, 6.45) is 1.63. The van der Waals surface area contributed by atoms with Gasteiger partial charge in [-0.25, -0.2) is 0 Å². The molecule has 0 rings (SSSR count). The number of ether oxygens (including phenoxy) is 2. The van der Waals surface area contributed by atoms with Gasteiger partial charge < -0.3 is 20.5 Å². The van der Waals surface area contributed by atoms with Crippen LogP contribution in [0.15, 0.2) is 0 Å². The van der Waals surface area contributed by atoms with Gasteiger partial charge in [-0.1, -0.05) is 6.92 Å². The molecule has 0 saturated heterocycles. The van der Waals surface area contributed by atoms with Crippen LogP contribution in [-0.4, -0.2) is 44.4 Å². The maximum atomic E-state index is 11.1. The van der Waals surface area contributed by atoms with Crippen LogP contribution < -0.4 is 11.1 Å². The highest BCUT2D eigenvalue weighted by Crippen LogP contribution is 1.98. The lowest BCUT2D eigenvalue weighted by atomic mass is 10.2. The quantitative estimate of drug-likeness (QED) is 0.562. The zero-order chi connectivity index (χ0) is 13.1. The van der Waals surface area contributed by atoms with Gasteiger partial charge in [0.25, 0.3) is 0 Å². The summed E-state index contributed by atoms with van der Waals surface area (Å²) in [6, 6.07) is -0.297. The van der Waals surface area contributed by atoms with Crippen LogP contribution in [0, 0.1) is 0 Å². The molecule has 102 valence electrons. The molecule has 1 amide bonds. The van der Waals surface area contributed by atoms with E-state index in [-0.39, 0.29) is 18.1 Å². The van der Waals surface area contributed by atoms with E-state index < -0.39 is 0 Å². The lowest BCUT2D eigenvalue weighted by Gasteiger charge is -2.17. The van der Waals surface area contributed by atoms with E-state index in [9.17, 15) is 4.79 Å². The summed E-state index contributed by atoms with van der Waals surface area (Å²) in [4.78, 5) is 11.1. The fraction of sp³-hybridized carbons (Fsp3) is 0.917. The van der Waals surface area contributed by atoms with E-state index in [4.69, 9.17) is 15.2 Å². The summed E-state index contributed by atoms with van der Waals surface area (Å²) in [5, 5.41) is 3.10. The second-order valence-corrected chi connectivity index (χ2v) is 4.04. The first-order chi connectivity index (χ1) is 8.11. The van der Waals surface area contributed by atoms with E-state index in [1.807, 2.05) is 20.8 Å². The average molecular weight is 246 g/mol. The van der Waals surface area contributed by atoms with Crippen molar-refractivity contribution in [2.24, 2.45) is 5.73 Å². The first-order valence-electron chi connectivity index (χ1n) is 6.33. The van der Waals surface area contributed by atoms with E-state index in [1.54, 1.807) is 0 Å². The van der Waals surface area contributed by atoms with Gasteiger partial charge in [0.2, 0.25) is 5.91 Å². The summed E-state index contributed by atoms with van der Waals surface area (Å²) in [5.41, 5.74) is 5.29. The smallest absolute Gasteiger partial charge is 0.234 e. The molecule has 17 heavy (non-hydrogen) atoms. The van der Waals surface area contributed by atoms with Crippen molar-refractivity contribution in [2.75, 3.05) is 26.4 Å². The molecule has 3 N–H and O–H groups in total. The van der Waals surface area contributed by atoms with Gasteiger partial charge in [-0.2, -0.15) is 0 Å². The molecule has 0 saturated carbocycles. The Morgan fingerprint density at radius 2 is 2.12 bits per heavy atom. The Kier molecular flexibility index (Phi) is 10.1. The Balaban J connectivity index is 3.69. The molecule has 0 aliphatic heterocycles. The number of nitrogens with one attached hydrogen (secondary N) is 1. The molecule has 0 aliphatic rings. The van der Waals surface area contributed by atoms with E-state index in [2.05, 4.69) is 5.32 Å². The van der Waals surface area contributed by atoms with Crippen LogP contribution in [0.5, 0.6) is 0 Å². The highest BCUT2D eigenvalue weighted by atomic mass is 16.5. The van der Waals surface area contributed by atoms with Crippen molar-refractivity contribution in [3.8, 4) is 0 Å². The van der Waals surface area contributed by atoms with Crippen LogP contribution in [0.1, 0.15) is 33.6 Å². The second kappa shape index (κ2) is 10.5. The maximum Gasteiger partial charge on any atom is 0.234 e. The molecule has 2 atom stereocenters. The average Bonchev–Trinajstić information content (AvgIpc) is 2.30. The fourth-order valence-corrected chi connectivity index (χ4v) is 1.38. The van der Waals surface area contributed by atoms with Crippen molar-refractivity contribution >= 4 is 5.91 Å². The molecule has 5 nitrogen and oxygen atoms in total. The standard InChI is InChI=1S/C12H26N2O3/c1-4-7-14-11(12(13)15)6-8-17-10(3)9-16-5-2/h10-11,14H,4-9H2,1-3H3,(H2,13,15). The van der Waals surface area contributed by atoms with Crippen molar-refractivity contribution in [1.29, 1.82) is 0 Å². The topological polar surface area (TPSA) is 73.6 Å². The van der Waals surface area contributed by atoms with Gasteiger partial charge >= 0.3 is 0 Å². The lowest BCUT2D eigenvalue weighted by molar-refractivity contribution is -0.120. The van der Waals surface area contributed by atoms with Gasteiger partial charge in [-0.3, -0.25) is 4.79 Å². The van der Waals surface area contributed by atoms with Crippen molar-refractivity contribution in [1.82, 2.24) is 5.32 Å². The van der Waals surface area contributed by atoms with E-state index in [1.165, 1.54) is 0 Å². The third kappa shape index (κ3) is 9.09.